The summed E-state index contributed by atoms with van der Waals surface area (Å²) < 4.78 is 6.48. The van der Waals surface area contributed by atoms with Crippen molar-refractivity contribution in [3.63, 3.8) is 0 Å². The lowest BCUT2D eigenvalue weighted by molar-refractivity contribution is 1.19. The zero-order chi connectivity index (χ0) is 25.5. The summed E-state index contributed by atoms with van der Waals surface area (Å²) in [6.07, 6.45) is 1.91. The second kappa shape index (κ2) is 8.00. The molecule has 0 aliphatic carbocycles. The maximum atomic E-state index is 4.79. The number of hydrogen-bond acceptors (Lipinski definition) is 3. The molecule has 0 atom stereocenters. The number of pyridine rings is 1. The molecule has 0 bridgehead atoms. The van der Waals surface area contributed by atoms with Gasteiger partial charge in [-0.2, -0.15) is 0 Å². The summed E-state index contributed by atoms with van der Waals surface area (Å²) in [7, 11) is 0. The Hall–Kier alpha value is -4.51. The summed E-state index contributed by atoms with van der Waals surface area (Å²) >= 11 is 3.73. The average Bonchev–Trinajstić information content (AvgIpc) is 3.67. The highest BCUT2D eigenvalue weighted by atomic mass is 32.1. The molecule has 2 nitrogen and oxygen atoms in total. The summed E-state index contributed by atoms with van der Waals surface area (Å²) in [4.78, 5) is 5.89. The van der Waals surface area contributed by atoms with E-state index in [0.29, 0.717) is 0 Å². The molecular weight excluding hydrogens is 513 g/mol. The van der Waals surface area contributed by atoms with Gasteiger partial charge in [0.1, 0.15) is 4.83 Å². The predicted octanol–water partition coefficient (Wildman–Crippen LogP) is 10.6. The molecule has 0 N–H and O–H groups in total. The molecule has 182 valence electrons. The first-order valence-electron chi connectivity index (χ1n) is 13.1. The van der Waals surface area contributed by atoms with Crippen molar-refractivity contribution in [1.29, 1.82) is 0 Å². The lowest BCUT2D eigenvalue weighted by Crippen LogP contribution is -1.94. The highest BCUT2D eigenvalue weighted by Crippen LogP contribution is 2.51. The topological polar surface area (TPSA) is 17.8 Å². The van der Waals surface area contributed by atoms with Gasteiger partial charge in [-0.3, -0.25) is 0 Å². The largest absolute Gasteiger partial charge is 0.309 e. The zero-order valence-corrected chi connectivity index (χ0v) is 22.4. The number of rotatable bonds is 2. The number of para-hydroxylation sites is 1. The molecule has 4 aromatic heterocycles. The van der Waals surface area contributed by atoms with Gasteiger partial charge in [0.15, 0.2) is 0 Å². The lowest BCUT2D eigenvalue weighted by atomic mass is 10.0. The monoisotopic (exact) mass is 532 g/mol. The van der Waals surface area contributed by atoms with Crippen LogP contribution in [-0.2, 0) is 0 Å². The fourth-order valence-electron chi connectivity index (χ4n) is 6.20. The summed E-state index contributed by atoms with van der Waals surface area (Å²) in [5, 5.41) is 7.86. The van der Waals surface area contributed by atoms with Gasteiger partial charge < -0.3 is 4.57 Å². The molecule has 0 saturated heterocycles. The fourth-order valence-corrected chi connectivity index (χ4v) is 8.74. The number of nitrogens with zero attached hydrogens (tertiary/aromatic N) is 2. The van der Waals surface area contributed by atoms with Crippen LogP contribution in [-0.4, -0.2) is 9.55 Å². The maximum Gasteiger partial charge on any atom is 0.124 e. The molecule has 0 aliphatic heterocycles. The number of fused-ring (bicyclic) bond motifs is 12. The summed E-state index contributed by atoms with van der Waals surface area (Å²) in [5.74, 6) is 0. The van der Waals surface area contributed by atoms with Gasteiger partial charge in [-0.25, -0.2) is 4.98 Å². The van der Waals surface area contributed by atoms with Gasteiger partial charge in [0, 0.05) is 58.3 Å². The Kier molecular flexibility index (Phi) is 4.39. The molecule has 39 heavy (non-hydrogen) atoms. The Balaban J connectivity index is 1.50. The minimum atomic E-state index is 1.10. The van der Waals surface area contributed by atoms with Crippen molar-refractivity contribution in [3.05, 3.63) is 121 Å². The van der Waals surface area contributed by atoms with Gasteiger partial charge >= 0.3 is 0 Å². The van der Waals surface area contributed by atoms with Crippen molar-refractivity contribution in [2.24, 2.45) is 0 Å². The van der Waals surface area contributed by atoms with E-state index in [0.717, 1.165) is 4.83 Å². The molecule has 0 fully saturated rings. The van der Waals surface area contributed by atoms with Crippen LogP contribution in [0.5, 0.6) is 0 Å². The predicted molar refractivity (Wildman–Crippen MR) is 170 cm³/mol. The van der Waals surface area contributed by atoms with Crippen LogP contribution in [0, 0.1) is 0 Å². The third kappa shape index (κ3) is 2.93. The van der Waals surface area contributed by atoms with Crippen LogP contribution < -0.4 is 0 Å². The van der Waals surface area contributed by atoms with E-state index < -0.39 is 0 Å². The van der Waals surface area contributed by atoms with E-state index in [2.05, 4.69) is 120 Å². The van der Waals surface area contributed by atoms with Crippen LogP contribution in [0.25, 0.3) is 79.1 Å². The van der Waals surface area contributed by atoms with Crippen molar-refractivity contribution < 1.29 is 0 Å². The lowest BCUT2D eigenvalue weighted by Gasteiger charge is -2.11. The molecule has 9 rings (SSSR count). The van der Waals surface area contributed by atoms with Crippen molar-refractivity contribution >= 4 is 85.0 Å². The third-order valence-corrected chi connectivity index (χ3v) is 10.2. The third-order valence-electron chi connectivity index (χ3n) is 7.86. The highest BCUT2D eigenvalue weighted by molar-refractivity contribution is 7.30. The molecule has 0 spiro atoms. The Bertz CT molecular complexity index is 2340. The van der Waals surface area contributed by atoms with E-state index in [1.807, 2.05) is 28.9 Å². The quantitative estimate of drug-likeness (QED) is 0.216. The van der Waals surface area contributed by atoms with Crippen molar-refractivity contribution in [3.8, 4) is 16.8 Å². The van der Waals surface area contributed by atoms with Gasteiger partial charge in [-0.15, -0.1) is 22.7 Å². The number of thiophene rings is 2. The van der Waals surface area contributed by atoms with Crippen LogP contribution in [0.1, 0.15) is 0 Å². The van der Waals surface area contributed by atoms with Crippen molar-refractivity contribution in [2.75, 3.05) is 0 Å². The van der Waals surface area contributed by atoms with Gasteiger partial charge in [0.25, 0.3) is 0 Å². The molecule has 0 saturated carbocycles. The molecule has 5 aromatic carbocycles. The molecule has 4 heterocycles. The van der Waals surface area contributed by atoms with Crippen molar-refractivity contribution in [1.82, 2.24) is 9.55 Å². The minimum Gasteiger partial charge on any atom is -0.309 e. The van der Waals surface area contributed by atoms with E-state index in [-0.39, 0.29) is 0 Å². The first kappa shape index (κ1) is 21.4. The summed E-state index contributed by atoms with van der Waals surface area (Å²) in [6.45, 7) is 0. The molecule has 0 amide bonds. The molecule has 0 aliphatic rings. The zero-order valence-electron chi connectivity index (χ0n) is 20.8. The Morgan fingerprint density at radius 1 is 0.513 bits per heavy atom. The average molecular weight is 533 g/mol. The SMILES string of the molecule is c1ccc(-c2ccc(-n3c4ccccc4c4c5sc6ncccc6c5c5sc6ccccc6c5c43)cc2)cc1. The van der Waals surface area contributed by atoms with Gasteiger partial charge in [-0.1, -0.05) is 78.9 Å². The van der Waals surface area contributed by atoms with E-state index >= 15 is 0 Å². The Morgan fingerprint density at radius 3 is 2.05 bits per heavy atom. The minimum absolute atomic E-state index is 1.10. The van der Waals surface area contributed by atoms with Crippen LogP contribution in [0.2, 0.25) is 0 Å². The number of benzene rings is 5. The first-order chi connectivity index (χ1) is 19.4. The summed E-state index contributed by atoms with van der Waals surface area (Å²) in [6, 6.07) is 41.6. The van der Waals surface area contributed by atoms with Crippen LogP contribution >= 0.6 is 22.7 Å². The number of aromatic nitrogens is 2. The van der Waals surface area contributed by atoms with Gasteiger partial charge in [0.05, 0.1) is 11.0 Å². The van der Waals surface area contributed by atoms with E-state index in [4.69, 9.17) is 4.98 Å². The second-order valence-electron chi connectivity index (χ2n) is 9.95. The fraction of sp³-hybridized carbons (Fsp3) is 0. The van der Waals surface area contributed by atoms with Crippen LogP contribution in [0.15, 0.2) is 121 Å². The van der Waals surface area contributed by atoms with E-state index in [1.54, 1.807) is 0 Å². The molecule has 0 unspecified atom stereocenters. The Labute approximate surface area is 232 Å². The van der Waals surface area contributed by atoms with Crippen molar-refractivity contribution in [2.45, 2.75) is 0 Å². The second-order valence-corrected chi connectivity index (χ2v) is 12.0. The number of hydrogen-bond donors (Lipinski definition) is 0. The smallest absolute Gasteiger partial charge is 0.124 e. The Morgan fingerprint density at radius 2 is 1.18 bits per heavy atom. The standard InChI is InChI=1S/C35H20N2S2/c1-2-9-21(10-3-1)22-16-18-23(19-17-22)37-27-14-6-4-11-24(27)29-32(37)30-25-12-5-7-15-28(25)38-33(30)31-26-13-8-20-36-35(26)39-34(29)31/h1-20H. The highest BCUT2D eigenvalue weighted by Gasteiger charge is 2.24. The first-order valence-corrected chi connectivity index (χ1v) is 14.7. The van der Waals surface area contributed by atoms with Crippen LogP contribution in [0.4, 0.5) is 0 Å². The van der Waals surface area contributed by atoms with E-state index in [9.17, 15) is 0 Å². The van der Waals surface area contributed by atoms with Crippen LogP contribution in [0.3, 0.4) is 0 Å². The molecule has 9 aromatic rings. The summed E-state index contributed by atoms with van der Waals surface area (Å²) in [5.41, 5.74) is 6.15. The van der Waals surface area contributed by atoms with Gasteiger partial charge in [0.2, 0.25) is 0 Å². The normalized spacial score (nSPS) is 12.1. The molecule has 4 heteroatoms. The van der Waals surface area contributed by atoms with E-state index in [1.165, 1.54) is 74.3 Å². The van der Waals surface area contributed by atoms with Gasteiger partial charge in [-0.05, 0) is 47.5 Å². The molecule has 0 radical (unpaired) electrons. The maximum absolute atomic E-state index is 4.79. The molecular formula is C35H20N2S2.